The summed E-state index contributed by atoms with van der Waals surface area (Å²) in [5.41, 5.74) is 7.33. The normalized spacial score (nSPS) is 11.6. The van der Waals surface area contributed by atoms with Gasteiger partial charge in [-0.2, -0.15) is 0 Å². The zero-order valence-electron chi connectivity index (χ0n) is 12.1. The Morgan fingerprint density at radius 3 is 2.60 bits per heavy atom. The number of anilines is 2. The van der Waals surface area contributed by atoms with E-state index in [-0.39, 0.29) is 6.10 Å². The molecule has 4 N–H and O–H groups in total. The zero-order valence-corrected chi connectivity index (χ0v) is 13.0. The zero-order chi connectivity index (χ0) is 15.2. The molecule has 1 rings (SSSR count). The molecule has 0 saturated heterocycles. The average Bonchev–Trinajstić information content (AvgIpc) is 2.30. The molecule has 20 heavy (non-hydrogen) atoms. The van der Waals surface area contributed by atoms with E-state index in [4.69, 9.17) is 10.5 Å². The molecule has 7 heteroatoms. The van der Waals surface area contributed by atoms with Crippen LogP contribution in [0, 0.1) is 0 Å². The molecule has 6 nitrogen and oxygen atoms in total. The minimum Gasteiger partial charge on any atom is -0.489 e. The van der Waals surface area contributed by atoms with E-state index in [9.17, 15) is 8.42 Å². The standard InChI is InChI=1S/C13H23N3O3S/c1-10(2)19-13-9-11(5-6-12(13)14)15-7-4-8-16-20(3,17)18/h5-6,9-10,15-16H,4,7-8,14H2,1-3H3. The Morgan fingerprint density at radius 2 is 2.00 bits per heavy atom. The van der Waals surface area contributed by atoms with Crippen molar-refractivity contribution in [1.29, 1.82) is 0 Å². The highest BCUT2D eigenvalue weighted by molar-refractivity contribution is 7.88. The van der Waals surface area contributed by atoms with Gasteiger partial charge in [-0.1, -0.05) is 0 Å². The molecule has 0 aliphatic carbocycles. The fourth-order valence-electron chi connectivity index (χ4n) is 1.58. The van der Waals surface area contributed by atoms with Gasteiger partial charge in [0.05, 0.1) is 18.0 Å². The molecule has 114 valence electrons. The third kappa shape index (κ3) is 6.63. The second-order valence-corrected chi connectivity index (χ2v) is 6.70. The molecular formula is C13H23N3O3S. The van der Waals surface area contributed by atoms with E-state index in [0.29, 0.717) is 30.9 Å². The topological polar surface area (TPSA) is 93.5 Å². The average molecular weight is 301 g/mol. The van der Waals surface area contributed by atoms with Gasteiger partial charge in [-0.25, -0.2) is 13.1 Å². The van der Waals surface area contributed by atoms with E-state index < -0.39 is 10.0 Å². The van der Waals surface area contributed by atoms with Crippen molar-refractivity contribution in [1.82, 2.24) is 4.72 Å². The van der Waals surface area contributed by atoms with Crippen molar-refractivity contribution in [2.24, 2.45) is 0 Å². The van der Waals surface area contributed by atoms with Gasteiger partial charge < -0.3 is 15.8 Å². The smallest absolute Gasteiger partial charge is 0.208 e. The summed E-state index contributed by atoms with van der Waals surface area (Å²) in [5.74, 6) is 0.652. The molecule has 0 aliphatic heterocycles. The summed E-state index contributed by atoms with van der Waals surface area (Å²) in [6.07, 6.45) is 1.90. The van der Waals surface area contributed by atoms with Gasteiger partial charge in [-0.15, -0.1) is 0 Å². The minimum absolute atomic E-state index is 0.0616. The third-order valence-electron chi connectivity index (χ3n) is 2.42. The van der Waals surface area contributed by atoms with Crippen LogP contribution in [0.2, 0.25) is 0 Å². The third-order valence-corrected chi connectivity index (χ3v) is 3.15. The molecule has 0 heterocycles. The Balaban J connectivity index is 2.44. The molecule has 0 unspecified atom stereocenters. The van der Waals surface area contributed by atoms with E-state index in [2.05, 4.69) is 10.0 Å². The van der Waals surface area contributed by atoms with Crippen LogP contribution in [0.4, 0.5) is 11.4 Å². The second kappa shape index (κ2) is 7.35. The summed E-state index contributed by atoms with van der Waals surface area (Å²) in [7, 11) is -3.11. The van der Waals surface area contributed by atoms with E-state index >= 15 is 0 Å². The molecule has 0 spiro atoms. The van der Waals surface area contributed by atoms with E-state index in [1.807, 2.05) is 26.0 Å². The Bertz CT molecular complexity index is 530. The van der Waals surface area contributed by atoms with Crippen molar-refractivity contribution in [3.63, 3.8) is 0 Å². The van der Waals surface area contributed by atoms with E-state index in [1.165, 1.54) is 0 Å². The van der Waals surface area contributed by atoms with Gasteiger partial charge in [0, 0.05) is 24.8 Å². The number of sulfonamides is 1. The molecular weight excluding hydrogens is 278 g/mol. The first-order valence-corrected chi connectivity index (χ1v) is 8.42. The first kappa shape index (κ1) is 16.6. The van der Waals surface area contributed by atoms with Gasteiger partial charge in [0.1, 0.15) is 5.75 Å². The number of nitrogens with two attached hydrogens (primary N) is 1. The molecule has 0 saturated carbocycles. The SMILES string of the molecule is CC(C)Oc1cc(NCCCNS(C)(=O)=O)ccc1N. The molecule has 0 amide bonds. The molecule has 0 aromatic heterocycles. The predicted octanol–water partition coefficient (Wildman–Crippen LogP) is 1.41. The lowest BCUT2D eigenvalue weighted by Gasteiger charge is -2.14. The molecule has 1 aromatic rings. The van der Waals surface area contributed by atoms with Crippen molar-refractivity contribution in [2.75, 3.05) is 30.4 Å². The fraction of sp³-hybridized carbons (Fsp3) is 0.538. The lowest BCUT2D eigenvalue weighted by molar-refractivity contribution is 0.244. The van der Waals surface area contributed by atoms with Crippen LogP contribution in [0.1, 0.15) is 20.3 Å². The van der Waals surface area contributed by atoms with Crippen LogP contribution >= 0.6 is 0 Å². The van der Waals surface area contributed by atoms with Gasteiger partial charge in [-0.05, 0) is 32.4 Å². The summed E-state index contributed by atoms with van der Waals surface area (Å²) in [6, 6.07) is 5.50. The van der Waals surface area contributed by atoms with Crippen LogP contribution in [0.3, 0.4) is 0 Å². The summed E-state index contributed by atoms with van der Waals surface area (Å²) >= 11 is 0. The number of benzene rings is 1. The van der Waals surface area contributed by atoms with Crippen LogP contribution in [-0.2, 0) is 10.0 Å². The number of rotatable bonds is 8. The fourth-order valence-corrected chi connectivity index (χ4v) is 2.09. The number of hydrogen-bond donors (Lipinski definition) is 3. The first-order valence-electron chi connectivity index (χ1n) is 6.52. The molecule has 0 atom stereocenters. The largest absolute Gasteiger partial charge is 0.489 e. The summed E-state index contributed by atoms with van der Waals surface area (Å²) in [6.45, 7) is 4.95. The highest BCUT2D eigenvalue weighted by atomic mass is 32.2. The summed E-state index contributed by atoms with van der Waals surface area (Å²) in [4.78, 5) is 0. The van der Waals surface area contributed by atoms with E-state index in [0.717, 1.165) is 11.9 Å². The van der Waals surface area contributed by atoms with Crippen LogP contribution in [0.5, 0.6) is 5.75 Å². The van der Waals surface area contributed by atoms with Crippen LogP contribution < -0.4 is 20.5 Å². The Hall–Kier alpha value is -1.47. The van der Waals surface area contributed by atoms with Crippen molar-refractivity contribution >= 4 is 21.4 Å². The maximum absolute atomic E-state index is 10.9. The minimum atomic E-state index is -3.11. The van der Waals surface area contributed by atoms with Crippen LogP contribution in [0.25, 0.3) is 0 Å². The van der Waals surface area contributed by atoms with Crippen LogP contribution in [0.15, 0.2) is 18.2 Å². The lowest BCUT2D eigenvalue weighted by atomic mass is 10.2. The number of ether oxygens (including phenoxy) is 1. The molecule has 0 fully saturated rings. The van der Waals surface area contributed by atoms with Crippen molar-refractivity contribution in [3.8, 4) is 5.75 Å². The Morgan fingerprint density at radius 1 is 1.30 bits per heavy atom. The number of nitrogen functional groups attached to an aromatic ring is 1. The van der Waals surface area contributed by atoms with Crippen molar-refractivity contribution < 1.29 is 13.2 Å². The summed E-state index contributed by atoms with van der Waals surface area (Å²) < 4.78 is 29.8. The summed E-state index contributed by atoms with van der Waals surface area (Å²) in [5, 5.41) is 3.20. The maximum atomic E-state index is 10.9. The van der Waals surface area contributed by atoms with Crippen molar-refractivity contribution in [3.05, 3.63) is 18.2 Å². The highest BCUT2D eigenvalue weighted by Gasteiger charge is 2.04. The number of hydrogen-bond acceptors (Lipinski definition) is 5. The highest BCUT2D eigenvalue weighted by Crippen LogP contribution is 2.26. The molecule has 0 radical (unpaired) electrons. The second-order valence-electron chi connectivity index (χ2n) is 4.87. The van der Waals surface area contributed by atoms with Crippen molar-refractivity contribution in [2.45, 2.75) is 26.4 Å². The first-order chi connectivity index (χ1) is 9.28. The Labute approximate surface area is 120 Å². The maximum Gasteiger partial charge on any atom is 0.208 e. The van der Waals surface area contributed by atoms with E-state index in [1.54, 1.807) is 6.07 Å². The quantitative estimate of drug-likeness (QED) is 0.498. The van der Waals surface area contributed by atoms with Gasteiger partial charge in [0.15, 0.2) is 0 Å². The molecule has 0 aliphatic rings. The van der Waals surface area contributed by atoms with Gasteiger partial charge in [-0.3, -0.25) is 0 Å². The lowest BCUT2D eigenvalue weighted by Crippen LogP contribution is -2.24. The molecule has 1 aromatic carbocycles. The number of nitrogens with one attached hydrogen (secondary N) is 2. The molecule has 0 bridgehead atoms. The van der Waals surface area contributed by atoms with Gasteiger partial charge >= 0.3 is 0 Å². The Kier molecular flexibility index (Phi) is 6.09. The predicted molar refractivity (Wildman–Crippen MR) is 82.6 cm³/mol. The van der Waals surface area contributed by atoms with Gasteiger partial charge in [0.25, 0.3) is 0 Å². The van der Waals surface area contributed by atoms with Crippen LogP contribution in [-0.4, -0.2) is 33.9 Å². The monoisotopic (exact) mass is 301 g/mol. The van der Waals surface area contributed by atoms with Gasteiger partial charge in [0.2, 0.25) is 10.0 Å².